The Hall–Kier alpha value is -3.39. The van der Waals surface area contributed by atoms with Gasteiger partial charge in [-0.15, -0.1) is 0 Å². The maximum Gasteiger partial charge on any atom is 0.322 e. The van der Waals surface area contributed by atoms with Crippen LogP contribution in [0.2, 0.25) is 0 Å². The minimum absolute atomic E-state index is 0.135. The topological polar surface area (TPSA) is 56.6 Å². The van der Waals surface area contributed by atoms with Gasteiger partial charge < -0.3 is 20.0 Å². The van der Waals surface area contributed by atoms with E-state index in [1.54, 1.807) is 6.07 Å². The van der Waals surface area contributed by atoms with Crippen molar-refractivity contribution in [1.29, 1.82) is 0 Å². The molecule has 1 aliphatic heterocycles. The van der Waals surface area contributed by atoms with Crippen LogP contribution in [-0.4, -0.2) is 64.9 Å². The van der Waals surface area contributed by atoms with Gasteiger partial charge in [0.15, 0.2) is 0 Å². The van der Waals surface area contributed by atoms with E-state index in [4.69, 9.17) is 5.10 Å². The zero-order valence-corrected chi connectivity index (χ0v) is 23.4. The minimum atomic E-state index is -0.297. The summed E-state index contributed by atoms with van der Waals surface area (Å²) in [6.45, 7) is 16.2. The van der Waals surface area contributed by atoms with Crippen LogP contribution in [0.25, 0.3) is 5.69 Å². The Bertz CT molecular complexity index is 1210. The van der Waals surface area contributed by atoms with E-state index in [1.807, 2.05) is 34.7 Å². The number of benzene rings is 2. The number of aromatic nitrogens is 2. The summed E-state index contributed by atoms with van der Waals surface area (Å²) >= 11 is 0. The quantitative estimate of drug-likeness (QED) is 0.374. The lowest BCUT2D eigenvalue weighted by atomic mass is 10.0. The fraction of sp³-hybridized carbons (Fsp3) is 0.467. The van der Waals surface area contributed by atoms with Crippen LogP contribution >= 0.6 is 0 Å². The summed E-state index contributed by atoms with van der Waals surface area (Å²) in [4.78, 5) is 20.1. The summed E-state index contributed by atoms with van der Waals surface area (Å²) in [5.74, 6) is 1.08. The number of aryl methyl sites for hydroxylation is 1. The average molecular weight is 521 g/mol. The SMILES string of the molecule is CCCN(Cc1c(C)nn(-c2cccc(F)c2)c1N1CCN(CC)CC1)C(=O)Nc1ccc(C(C)C)cc1. The molecule has 1 saturated heterocycles. The predicted octanol–water partition coefficient (Wildman–Crippen LogP) is 6.03. The molecule has 204 valence electrons. The lowest BCUT2D eigenvalue weighted by Crippen LogP contribution is -2.47. The first-order valence-corrected chi connectivity index (χ1v) is 13.8. The van der Waals surface area contributed by atoms with Crippen LogP contribution in [0.15, 0.2) is 48.5 Å². The molecule has 2 heterocycles. The van der Waals surface area contributed by atoms with Gasteiger partial charge in [-0.3, -0.25) is 0 Å². The highest BCUT2D eigenvalue weighted by molar-refractivity contribution is 5.89. The summed E-state index contributed by atoms with van der Waals surface area (Å²) in [6, 6.07) is 14.5. The van der Waals surface area contributed by atoms with E-state index >= 15 is 0 Å². The average Bonchev–Trinajstić information content (AvgIpc) is 3.24. The van der Waals surface area contributed by atoms with E-state index in [9.17, 15) is 9.18 Å². The van der Waals surface area contributed by atoms with E-state index in [-0.39, 0.29) is 11.8 Å². The molecular formula is C30H41FN6O. The number of piperazine rings is 1. The van der Waals surface area contributed by atoms with Crippen molar-refractivity contribution >= 4 is 17.5 Å². The summed E-state index contributed by atoms with van der Waals surface area (Å²) < 4.78 is 16.1. The molecule has 0 aliphatic carbocycles. The fourth-order valence-corrected chi connectivity index (χ4v) is 4.99. The molecule has 7 nitrogen and oxygen atoms in total. The second-order valence-electron chi connectivity index (χ2n) is 10.3. The van der Waals surface area contributed by atoms with Crippen molar-refractivity contribution in [2.75, 3.05) is 49.5 Å². The molecule has 0 radical (unpaired) electrons. The third-order valence-corrected chi connectivity index (χ3v) is 7.29. The van der Waals surface area contributed by atoms with Crippen LogP contribution in [0.5, 0.6) is 0 Å². The number of rotatable bonds is 9. The molecule has 0 saturated carbocycles. The van der Waals surface area contributed by atoms with Crippen molar-refractivity contribution < 1.29 is 9.18 Å². The first-order valence-electron chi connectivity index (χ1n) is 13.8. The lowest BCUT2D eigenvalue weighted by molar-refractivity contribution is 0.209. The van der Waals surface area contributed by atoms with Crippen molar-refractivity contribution in [1.82, 2.24) is 19.6 Å². The van der Waals surface area contributed by atoms with Crippen molar-refractivity contribution in [3.63, 3.8) is 0 Å². The van der Waals surface area contributed by atoms with Gasteiger partial charge in [0, 0.05) is 44.0 Å². The monoisotopic (exact) mass is 520 g/mol. The number of nitrogens with zero attached hydrogens (tertiary/aromatic N) is 5. The predicted molar refractivity (Wildman–Crippen MR) is 153 cm³/mol. The highest BCUT2D eigenvalue weighted by atomic mass is 19.1. The third-order valence-electron chi connectivity index (χ3n) is 7.29. The number of carbonyl (C=O) groups excluding carboxylic acids is 1. The molecule has 8 heteroatoms. The molecule has 1 fully saturated rings. The fourth-order valence-electron chi connectivity index (χ4n) is 4.99. The zero-order valence-electron chi connectivity index (χ0n) is 23.4. The number of hydrogen-bond donors (Lipinski definition) is 1. The van der Waals surface area contributed by atoms with Gasteiger partial charge in [-0.1, -0.05) is 45.9 Å². The van der Waals surface area contributed by atoms with E-state index < -0.39 is 0 Å². The van der Waals surface area contributed by atoms with E-state index in [0.29, 0.717) is 24.7 Å². The van der Waals surface area contributed by atoms with Gasteiger partial charge in [0.1, 0.15) is 11.6 Å². The maximum atomic E-state index is 14.2. The van der Waals surface area contributed by atoms with Crippen molar-refractivity contribution in [3.05, 3.63) is 71.2 Å². The van der Waals surface area contributed by atoms with Crippen molar-refractivity contribution in [2.24, 2.45) is 0 Å². The highest BCUT2D eigenvalue weighted by Gasteiger charge is 2.27. The second-order valence-corrected chi connectivity index (χ2v) is 10.3. The van der Waals surface area contributed by atoms with Crippen LogP contribution < -0.4 is 10.2 Å². The summed E-state index contributed by atoms with van der Waals surface area (Å²) in [7, 11) is 0. The van der Waals surface area contributed by atoms with Crippen LogP contribution in [0, 0.1) is 12.7 Å². The number of likely N-dealkylation sites (N-methyl/N-ethyl adjacent to an activating group) is 1. The number of nitrogens with one attached hydrogen (secondary N) is 1. The molecule has 1 aliphatic rings. The highest BCUT2D eigenvalue weighted by Crippen LogP contribution is 2.30. The first-order chi connectivity index (χ1) is 18.3. The Labute approximate surface area is 226 Å². The molecular weight excluding hydrogens is 479 g/mol. The standard InChI is InChI=1S/C30H41FN6O/c1-6-15-36(30(38)32-26-13-11-24(12-14-26)22(3)4)21-28-23(5)33-37(27-10-8-9-25(31)20-27)29(28)35-18-16-34(7-2)17-19-35/h8-14,20,22H,6-7,15-19,21H2,1-5H3,(H,32,38). The molecule has 4 rings (SSSR count). The largest absolute Gasteiger partial charge is 0.354 e. The molecule has 38 heavy (non-hydrogen) atoms. The Morgan fingerprint density at radius 2 is 1.79 bits per heavy atom. The smallest absolute Gasteiger partial charge is 0.322 e. The number of carbonyl (C=O) groups is 1. The Morgan fingerprint density at radius 3 is 2.39 bits per heavy atom. The number of hydrogen-bond acceptors (Lipinski definition) is 4. The normalized spacial score (nSPS) is 14.2. The molecule has 3 aromatic rings. The number of amides is 2. The molecule has 0 unspecified atom stereocenters. The number of urea groups is 1. The van der Waals surface area contributed by atoms with Gasteiger partial charge in [0.2, 0.25) is 0 Å². The van der Waals surface area contributed by atoms with E-state index in [0.717, 1.165) is 61.9 Å². The minimum Gasteiger partial charge on any atom is -0.354 e. The van der Waals surface area contributed by atoms with E-state index in [2.05, 4.69) is 54.9 Å². The Kier molecular flexibility index (Phi) is 9.05. The summed E-state index contributed by atoms with van der Waals surface area (Å²) in [5.41, 5.74) is 4.55. The van der Waals surface area contributed by atoms with Crippen molar-refractivity contribution in [3.8, 4) is 5.69 Å². The Morgan fingerprint density at radius 1 is 1.08 bits per heavy atom. The molecule has 1 aromatic heterocycles. The Balaban J connectivity index is 1.65. The summed E-state index contributed by atoms with van der Waals surface area (Å²) in [5, 5.41) is 7.94. The zero-order chi connectivity index (χ0) is 27.2. The molecule has 2 aromatic carbocycles. The van der Waals surface area contributed by atoms with Gasteiger partial charge in [-0.25, -0.2) is 13.9 Å². The lowest BCUT2D eigenvalue weighted by Gasteiger charge is -2.36. The van der Waals surface area contributed by atoms with Gasteiger partial charge in [-0.2, -0.15) is 5.10 Å². The third kappa shape index (κ3) is 6.35. The van der Waals surface area contributed by atoms with Crippen LogP contribution in [0.1, 0.15) is 56.9 Å². The second kappa shape index (κ2) is 12.4. The molecule has 1 N–H and O–H groups in total. The van der Waals surface area contributed by atoms with Gasteiger partial charge in [0.05, 0.1) is 17.9 Å². The van der Waals surface area contributed by atoms with Crippen LogP contribution in [0.3, 0.4) is 0 Å². The molecule has 0 atom stereocenters. The van der Waals surface area contributed by atoms with Gasteiger partial charge in [0.25, 0.3) is 0 Å². The van der Waals surface area contributed by atoms with Crippen LogP contribution in [-0.2, 0) is 6.54 Å². The summed E-state index contributed by atoms with van der Waals surface area (Å²) in [6.07, 6.45) is 0.835. The van der Waals surface area contributed by atoms with Gasteiger partial charge in [-0.05, 0) is 61.7 Å². The van der Waals surface area contributed by atoms with E-state index in [1.165, 1.54) is 17.7 Å². The van der Waals surface area contributed by atoms with Crippen molar-refractivity contribution in [2.45, 2.75) is 53.5 Å². The molecule has 2 amide bonds. The number of halogens is 1. The number of anilines is 2. The molecule has 0 bridgehead atoms. The molecule has 0 spiro atoms. The van der Waals surface area contributed by atoms with Crippen LogP contribution in [0.4, 0.5) is 20.7 Å². The van der Waals surface area contributed by atoms with Gasteiger partial charge >= 0.3 is 6.03 Å². The maximum absolute atomic E-state index is 14.2. The first kappa shape index (κ1) is 27.6.